The molecule has 6 heteroatoms. The Kier molecular flexibility index (Phi) is 7.21. The molecule has 4 aromatic carbocycles. The molecule has 180 valence electrons. The van der Waals surface area contributed by atoms with Crippen molar-refractivity contribution in [3.63, 3.8) is 0 Å². The van der Waals surface area contributed by atoms with Gasteiger partial charge in [0.1, 0.15) is 0 Å². The Hall–Kier alpha value is -3.80. The molecule has 0 bridgehead atoms. The molecule has 0 fully saturated rings. The molecule has 0 unspecified atom stereocenters. The number of tetrazole rings is 1. The molecule has 0 radical (unpaired) electrons. The van der Waals surface area contributed by atoms with Gasteiger partial charge in [0.15, 0.2) is 5.82 Å². The Morgan fingerprint density at radius 1 is 0.722 bits per heavy atom. The zero-order chi connectivity index (χ0) is 24.9. The van der Waals surface area contributed by atoms with Gasteiger partial charge in [0.25, 0.3) is 0 Å². The average Bonchev–Trinajstić information content (AvgIpc) is 3.35. The second kappa shape index (κ2) is 10.9. The summed E-state index contributed by atoms with van der Waals surface area (Å²) < 4.78 is 1.88. The molecule has 1 heterocycles. The molecule has 1 aromatic heterocycles. The topological polar surface area (TPSA) is 46.8 Å². The van der Waals surface area contributed by atoms with Crippen molar-refractivity contribution in [2.45, 2.75) is 33.0 Å². The molecule has 5 aromatic rings. The molecule has 0 aliphatic rings. The zero-order valence-corrected chi connectivity index (χ0v) is 21.2. The van der Waals surface area contributed by atoms with Crippen molar-refractivity contribution >= 4 is 11.6 Å². The average molecular weight is 494 g/mol. The lowest BCUT2D eigenvalue weighted by atomic mass is 10.0. The first-order valence-electron chi connectivity index (χ1n) is 12.0. The number of aryl methyl sites for hydroxylation is 2. The first kappa shape index (κ1) is 23.9. The van der Waals surface area contributed by atoms with Crippen LogP contribution in [0.1, 0.15) is 39.7 Å². The minimum Gasteiger partial charge on any atom is -0.281 e. The van der Waals surface area contributed by atoms with Gasteiger partial charge in [0.2, 0.25) is 0 Å². The number of aromatic nitrogens is 4. The van der Waals surface area contributed by atoms with Gasteiger partial charge in [-0.1, -0.05) is 109 Å². The highest BCUT2D eigenvalue weighted by atomic mass is 35.5. The Morgan fingerprint density at radius 3 is 1.86 bits per heavy atom. The van der Waals surface area contributed by atoms with Gasteiger partial charge >= 0.3 is 0 Å². The Morgan fingerprint density at radius 2 is 1.28 bits per heavy atom. The van der Waals surface area contributed by atoms with Crippen LogP contribution in [0.25, 0.3) is 5.69 Å². The van der Waals surface area contributed by atoms with E-state index in [-0.39, 0.29) is 6.04 Å². The van der Waals surface area contributed by atoms with Crippen molar-refractivity contribution in [1.29, 1.82) is 0 Å². The number of benzene rings is 4. The van der Waals surface area contributed by atoms with Crippen LogP contribution in [0.5, 0.6) is 0 Å². The lowest BCUT2D eigenvalue weighted by Gasteiger charge is -2.32. The van der Waals surface area contributed by atoms with E-state index in [1.54, 1.807) is 0 Å². The maximum absolute atomic E-state index is 6.84. The third-order valence-electron chi connectivity index (χ3n) is 6.41. The summed E-state index contributed by atoms with van der Waals surface area (Å²) in [6.07, 6.45) is 0. The van der Waals surface area contributed by atoms with Crippen LogP contribution in [0.3, 0.4) is 0 Å². The fourth-order valence-corrected chi connectivity index (χ4v) is 4.97. The lowest BCUT2D eigenvalue weighted by Crippen LogP contribution is -2.31. The summed E-state index contributed by atoms with van der Waals surface area (Å²) in [7, 11) is 0. The Balaban J connectivity index is 1.69. The number of halogens is 1. The molecule has 0 saturated heterocycles. The van der Waals surface area contributed by atoms with Gasteiger partial charge in [-0.05, 0) is 58.2 Å². The van der Waals surface area contributed by atoms with E-state index in [1.165, 1.54) is 11.1 Å². The SMILES string of the molecule is Cc1cccc(C)c1-n1nnnc1[C@@H](c1ccccc1Cl)N(Cc1ccccc1)Cc1ccccc1. The number of para-hydroxylation sites is 1. The van der Waals surface area contributed by atoms with Crippen molar-refractivity contribution < 1.29 is 0 Å². The van der Waals surface area contributed by atoms with E-state index >= 15 is 0 Å². The number of nitrogens with zero attached hydrogens (tertiary/aromatic N) is 5. The van der Waals surface area contributed by atoms with Crippen LogP contribution < -0.4 is 0 Å². The van der Waals surface area contributed by atoms with E-state index in [0.29, 0.717) is 18.1 Å². The molecule has 5 rings (SSSR count). The highest BCUT2D eigenvalue weighted by Gasteiger charge is 2.31. The molecule has 0 N–H and O–H groups in total. The maximum Gasteiger partial charge on any atom is 0.178 e. The first-order valence-corrected chi connectivity index (χ1v) is 12.4. The number of rotatable bonds is 8. The molecule has 0 aliphatic carbocycles. The largest absolute Gasteiger partial charge is 0.281 e. The van der Waals surface area contributed by atoms with E-state index in [1.807, 2.05) is 35.0 Å². The van der Waals surface area contributed by atoms with Crippen molar-refractivity contribution in [2.75, 3.05) is 0 Å². The van der Waals surface area contributed by atoms with E-state index < -0.39 is 0 Å². The standard InChI is InChI=1S/C30H28ClN5/c1-22-12-11-13-23(2)28(22)36-30(32-33-34-36)29(26-18-9-10-19-27(26)31)35(20-24-14-5-3-6-15-24)21-25-16-7-4-8-17-25/h3-19,29H,20-21H2,1-2H3/t29-/m1/s1. The molecule has 0 spiro atoms. The van der Waals surface area contributed by atoms with Crippen LogP contribution in [0.15, 0.2) is 103 Å². The first-order chi connectivity index (χ1) is 17.6. The monoisotopic (exact) mass is 493 g/mol. The molecule has 1 atom stereocenters. The van der Waals surface area contributed by atoms with Crippen molar-refractivity contribution in [3.05, 3.63) is 142 Å². The molecular formula is C30H28ClN5. The van der Waals surface area contributed by atoms with Crippen LogP contribution in [0.4, 0.5) is 0 Å². The summed E-state index contributed by atoms with van der Waals surface area (Å²) in [4.78, 5) is 2.39. The van der Waals surface area contributed by atoms with Crippen LogP contribution in [-0.2, 0) is 13.1 Å². The fourth-order valence-electron chi connectivity index (χ4n) is 4.73. The van der Waals surface area contributed by atoms with Gasteiger partial charge in [-0.15, -0.1) is 5.10 Å². The maximum atomic E-state index is 6.84. The fraction of sp³-hybridized carbons (Fsp3) is 0.167. The Labute approximate surface area is 217 Å². The summed E-state index contributed by atoms with van der Waals surface area (Å²) in [5, 5.41) is 13.9. The second-order valence-electron chi connectivity index (χ2n) is 8.99. The molecule has 0 amide bonds. The van der Waals surface area contributed by atoms with E-state index in [2.05, 4.69) is 107 Å². The molecule has 0 saturated carbocycles. The van der Waals surface area contributed by atoms with Gasteiger partial charge in [-0.25, -0.2) is 0 Å². The quantitative estimate of drug-likeness (QED) is 0.240. The highest BCUT2D eigenvalue weighted by Crippen LogP contribution is 2.35. The Bertz CT molecular complexity index is 1370. The summed E-state index contributed by atoms with van der Waals surface area (Å²) in [6, 6.07) is 34.9. The smallest absolute Gasteiger partial charge is 0.178 e. The minimum absolute atomic E-state index is 0.284. The third-order valence-corrected chi connectivity index (χ3v) is 6.76. The van der Waals surface area contributed by atoms with Crippen LogP contribution in [0.2, 0.25) is 5.02 Å². The third kappa shape index (κ3) is 5.08. The van der Waals surface area contributed by atoms with Gasteiger partial charge in [0.05, 0.1) is 11.7 Å². The molecule has 36 heavy (non-hydrogen) atoms. The van der Waals surface area contributed by atoms with Crippen LogP contribution >= 0.6 is 11.6 Å². The van der Waals surface area contributed by atoms with Gasteiger partial charge in [-0.2, -0.15) is 4.68 Å². The lowest BCUT2D eigenvalue weighted by molar-refractivity contribution is 0.197. The summed E-state index contributed by atoms with van der Waals surface area (Å²) in [6.45, 7) is 5.57. The van der Waals surface area contributed by atoms with Gasteiger partial charge in [0, 0.05) is 18.1 Å². The molecular weight excluding hydrogens is 466 g/mol. The van der Waals surface area contributed by atoms with Crippen LogP contribution in [0, 0.1) is 13.8 Å². The predicted molar refractivity (Wildman–Crippen MR) is 144 cm³/mol. The number of hydrogen-bond acceptors (Lipinski definition) is 4. The normalized spacial score (nSPS) is 12.1. The summed E-state index contributed by atoms with van der Waals surface area (Å²) in [5.74, 6) is 0.729. The van der Waals surface area contributed by atoms with E-state index in [9.17, 15) is 0 Å². The van der Waals surface area contributed by atoms with Crippen molar-refractivity contribution in [3.8, 4) is 5.69 Å². The zero-order valence-electron chi connectivity index (χ0n) is 20.4. The molecule has 0 aliphatic heterocycles. The highest BCUT2D eigenvalue weighted by molar-refractivity contribution is 6.31. The minimum atomic E-state index is -0.284. The van der Waals surface area contributed by atoms with Crippen molar-refractivity contribution in [1.82, 2.24) is 25.1 Å². The second-order valence-corrected chi connectivity index (χ2v) is 9.40. The van der Waals surface area contributed by atoms with Gasteiger partial charge < -0.3 is 0 Å². The van der Waals surface area contributed by atoms with Crippen LogP contribution in [-0.4, -0.2) is 25.1 Å². The van der Waals surface area contributed by atoms with Gasteiger partial charge in [-0.3, -0.25) is 4.90 Å². The predicted octanol–water partition coefficient (Wildman–Crippen LogP) is 6.72. The van der Waals surface area contributed by atoms with E-state index in [0.717, 1.165) is 28.2 Å². The van der Waals surface area contributed by atoms with E-state index in [4.69, 9.17) is 11.6 Å². The summed E-state index contributed by atoms with van der Waals surface area (Å²) in [5.41, 5.74) is 6.59. The summed E-state index contributed by atoms with van der Waals surface area (Å²) >= 11 is 6.84. The number of hydrogen-bond donors (Lipinski definition) is 0. The molecule has 5 nitrogen and oxygen atoms in total. The van der Waals surface area contributed by atoms with Crippen molar-refractivity contribution in [2.24, 2.45) is 0 Å².